The van der Waals surface area contributed by atoms with Crippen molar-refractivity contribution in [3.05, 3.63) is 41.0 Å². The summed E-state index contributed by atoms with van der Waals surface area (Å²) in [6.07, 6.45) is -0.741. The SMILES string of the molecule is CC1=NOC([C@H](C)C(=O)N2C[C@H](O)C[C@H]2C(=O)CCc2ccc(-c3scnc3C)cc2)C1=O. The average molecular weight is 470 g/mol. The molecule has 2 aliphatic rings. The molecule has 0 saturated carbocycles. The van der Waals surface area contributed by atoms with Crippen molar-refractivity contribution < 1.29 is 24.3 Å². The number of benzene rings is 1. The Kier molecular flexibility index (Phi) is 6.71. The molecule has 174 valence electrons. The van der Waals surface area contributed by atoms with Gasteiger partial charge in [-0.2, -0.15) is 0 Å². The first-order chi connectivity index (χ1) is 15.8. The fourth-order valence-corrected chi connectivity index (χ4v) is 5.15. The van der Waals surface area contributed by atoms with Crippen LogP contribution in [0.3, 0.4) is 0 Å². The maximum atomic E-state index is 13.1. The molecular weight excluding hydrogens is 442 g/mol. The van der Waals surface area contributed by atoms with Crippen LogP contribution in [0, 0.1) is 12.8 Å². The van der Waals surface area contributed by atoms with Crippen LogP contribution in [0.1, 0.15) is 37.9 Å². The highest BCUT2D eigenvalue weighted by atomic mass is 32.1. The molecule has 1 aromatic carbocycles. The lowest BCUT2D eigenvalue weighted by atomic mass is 9.96. The maximum Gasteiger partial charge on any atom is 0.230 e. The molecule has 3 heterocycles. The third-order valence-corrected chi connectivity index (χ3v) is 7.29. The monoisotopic (exact) mass is 469 g/mol. The minimum Gasteiger partial charge on any atom is -0.391 e. The second kappa shape index (κ2) is 9.52. The van der Waals surface area contributed by atoms with Gasteiger partial charge in [-0.25, -0.2) is 4.98 Å². The lowest BCUT2D eigenvalue weighted by molar-refractivity contribution is -0.147. The largest absolute Gasteiger partial charge is 0.391 e. The Bertz CT molecular complexity index is 1090. The molecule has 1 amide bonds. The highest BCUT2D eigenvalue weighted by Crippen LogP contribution is 2.28. The molecule has 0 bridgehead atoms. The van der Waals surface area contributed by atoms with Gasteiger partial charge in [-0.15, -0.1) is 11.3 Å². The molecule has 0 spiro atoms. The van der Waals surface area contributed by atoms with Crippen LogP contribution in [-0.4, -0.2) is 63.0 Å². The highest BCUT2D eigenvalue weighted by molar-refractivity contribution is 7.13. The Morgan fingerprint density at radius 3 is 2.61 bits per heavy atom. The smallest absolute Gasteiger partial charge is 0.230 e. The van der Waals surface area contributed by atoms with E-state index in [1.54, 1.807) is 18.3 Å². The quantitative estimate of drug-likeness (QED) is 0.668. The Labute approximate surface area is 196 Å². The number of aryl methyl sites for hydroxylation is 2. The number of rotatable bonds is 7. The van der Waals surface area contributed by atoms with Gasteiger partial charge >= 0.3 is 0 Å². The van der Waals surface area contributed by atoms with Gasteiger partial charge in [0, 0.05) is 19.4 Å². The van der Waals surface area contributed by atoms with Gasteiger partial charge in [0.25, 0.3) is 0 Å². The van der Waals surface area contributed by atoms with E-state index in [0.29, 0.717) is 6.42 Å². The number of thiazole rings is 1. The maximum absolute atomic E-state index is 13.1. The number of aromatic nitrogens is 1. The van der Waals surface area contributed by atoms with E-state index in [-0.39, 0.29) is 42.6 Å². The average Bonchev–Trinajstić information content (AvgIpc) is 3.50. The molecule has 2 aliphatic heterocycles. The first-order valence-corrected chi connectivity index (χ1v) is 11.9. The number of oxime groups is 1. The summed E-state index contributed by atoms with van der Waals surface area (Å²) in [7, 11) is 0. The van der Waals surface area contributed by atoms with Crippen LogP contribution < -0.4 is 0 Å². The van der Waals surface area contributed by atoms with Gasteiger partial charge in [0.2, 0.25) is 17.8 Å². The van der Waals surface area contributed by atoms with Gasteiger partial charge in [-0.3, -0.25) is 14.4 Å². The summed E-state index contributed by atoms with van der Waals surface area (Å²) in [4.78, 5) is 50.2. The molecule has 1 N–H and O–H groups in total. The van der Waals surface area contributed by atoms with E-state index < -0.39 is 24.2 Å². The normalized spacial score (nSPS) is 23.4. The van der Waals surface area contributed by atoms with Crippen molar-refractivity contribution in [2.45, 2.75) is 58.3 Å². The predicted molar refractivity (Wildman–Crippen MR) is 124 cm³/mol. The Morgan fingerprint density at radius 2 is 2.00 bits per heavy atom. The fourth-order valence-electron chi connectivity index (χ4n) is 4.34. The summed E-state index contributed by atoms with van der Waals surface area (Å²) in [5.41, 5.74) is 5.16. The second-order valence-corrected chi connectivity index (χ2v) is 9.54. The minimum absolute atomic E-state index is 0.0726. The standard InChI is InChI=1S/C24H27N3O5S/c1-13(22-21(30)14(2)26-32-22)24(31)27-11-18(28)10-19(27)20(29)9-6-16-4-7-17(8-5-16)23-15(3)25-12-33-23/h4-5,7-8,12-13,18-19,22,28H,6,9-11H2,1-3H3/t13-,18+,19-,22?/m0/s1. The van der Waals surface area contributed by atoms with Gasteiger partial charge in [-0.05, 0) is 38.3 Å². The van der Waals surface area contributed by atoms with Gasteiger partial charge in [-0.1, -0.05) is 29.4 Å². The van der Waals surface area contributed by atoms with Crippen LogP contribution in [0.5, 0.6) is 0 Å². The van der Waals surface area contributed by atoms with Crippen molar-refractivity contribution >= 4 is 34.5 Å². The molecule has 1 aromatic heterocycles. The number of ketones is 2. The molecule has 0 aliphatic carbocycles. The number of β-amino-alcohol motifs (C(OH)–C–C–N with tert-alkyl or cyclic N) is 1. The molecule has 1 fully saturated rings. The van der Waals surface area contributed by atoms with Crippen LogP contribution in [0.4, 0.5) is 0 Å². The molecule has 1 saturated heterocycles. The van der Waals surface area contributed by atoms with Crippen molar-refractivity contribution in [3.8, 4) is 10.4 Å². The van der Waals surface area contributed by atoms with Gasteiger partial charge < -0.3 is 14.8 Å². The topological polar surface area (TPSA) is 109 Å². The number of carbonyl (C=O) groups excluding carboxylic acids is 3. The molecule has 4 rings (SSSR count). The van der Waals surface area contributed by atoms with Crippen LogP contribution in [-0.2, 0) is 25.6 Å². The summed E-state index contributed by atoms with van der Waals surface area (Å²) in [6, 6.07) is 7.36. The van der Waals surface area contributed by atoms with Crippen LogP contribution >= 0.6 is 11.3 Å². The number of aliphatic hydroxyl groups excluding tert-OH is 1. The number of amides is 1. The number of carbonyl (C=O) groups is 3. The number of hydrogen-bond donors (Lipinski definition) is 1. The zero-order valence-corrected chi connectivity index (χ0v) is 19.7. The fraction of sp³-hybridized carbons (Fsp3) is 0.458. The van der Waals surface area contributed by atoms with Crippen LogP contribution in [0.15, 0.2) is 34.9 Å². The van der Waals surface area contributed by atoms with Gasteiger partial charge in [0.15, 0.2) is 5.78 Å². The first-order valence-electron chi connectivity index (χ1n) is 11.0. The van der Waals surface area contributed by atoms with Crippen molar-refractivity contribution in [2.75, 3.05) is 6.54 Å². The lowest BCUT2D eigenvalue weighted by Gasteiger charge is -2.27. The molecule has 1 unspecified atom stereocenters. The third kappa shape index (κ3) is 4.74. The van der Waals surface area contributed by atoms with Crippen molar-refractivity contribution in [1.29, 1.82) is 0 Å². The molecule has 8 nitrogen and oxygen atoms in total. The Hall–Kier alpha value is -2.91. The lowest BCUT2D eigenvalue weighted by Crippen LogP contribution is -2.47. The number of aliphatic hydroxyl groups is 1. The molecular formula is C24H27N3O5S. The zero-order chi connectivity index (χ0) is 23.7. The summed E-state index contributed by atoms with van der Waals surface area (Å²) in [5, 5.41) is 13.8. The Morgan fingerprint density at radius 1 is 1.27 bits per heavy atom. The van der Waals surface area contributed by atoms with Crippen LogP contribution in [0.25, 0.3) is 10.4 Å². The molecule has 0 radical (unpaired) electrons. The predicted octanol–water partition coefficient (Wildman–Crippen LogP) is 2.56. The third-order valence-electron chi connectivity index (χ3n) is 6.32. The summed E-state index contributed by atoms with van der Waals surface area (Å²) in [6.45, 7) is 5.18. The van der Waals surface area contributed by atoms with E-state index in [1.165, 1.54) is 11.8 Å². The van der Waals surface area contributed by atoms with E-state index in [4.69, 9.17) is 4.84 Å². The van der Waals surface area contributed by atoms with Crippen LogP contribution in [0.2, 0.25) is 0 Å². The van der Waals surface area contributed by atoms with E-state index in [2.05, 4.69) is 10.1 Å². The van der Waals surface area contributed by atoms with E-state index in [9.17, 15) is 19.5 Å². The number of nitrogens with zero attached hydrogens (tertiary/aromatic N) is 3. The van der Waals surface area contributed by atoms with Crippen molar-refractivity contribution in [3.63, 3.8) is 0 Å². The van der Waals surface area contributed by atoms with Gasteiger partial charge in [0.05, 0.1) is 34.1 Å². The first kappa shape index (κ1) is 23.3. The molecule has 33 heavy (non-hydrogen) atoms. The van der Waals surface area contributed by atoms with Crippen molar-refractivity contribution in [1.82, 2.24) is 9.88 Å². The van der Waals surface area contributed by atoms with Crippen molar-refractivity contribution in [2.24, 2.45) is 11.1 Å². The molecule has 4 atom stereocenters. The molecule has 2 aromatic rings. The number of likely N-dealkylation sites (tertiary alicyclic amines) is 1. The zero-order valence-electron chi connectivity index (χ0n) is 18.9. The summed E-state index contributed by atoms with van der Waals surface area (Å²) in [5.74, 6) is -1.59. The Balaban J connectivity index is 1.38. The van der Waals surface area contributed by atoms with E-state index in [1.807, 2.05) is 36.7 Å². The van der Waals surface area contributed by atoms with Gasteiger partial charge in [0.1, 0.15) is 5.71 Å². The minimum atomic E-state index is -0.980. The number of hydrogen-bond acceptors (Lipinski definition) is 8. The van der Waals surface area contributed by atoms with E-state index in [0.717, 1.165) is 21.7 Å². The second-order valence-electron chi connectivity index (χ2n) is 8.68. The summed E-state index contributed by atoms with van der Waals surface area (Å²) >= 11 is 1.59. The summed E-state index contributed by atoms with van der Waals surface area (Å²) < 4.78 is 0. The molecule has 9 heteroatoms. The number of Topliss-reactive ketones (excluding diaryl/α,β-unsaturated/α-hetero) is 2. The highest BCUT2D eigenvalue weighted by Gasteiger charge is 2.45. The van der Waals surface area contributed by atoms with E-state index >= 15 is 0 Å².